The number of rotatable bonds is 9. The van der Waals surface area contributed by atoms with Gasteiger partial charge in [0.2, 0.25) is 5.13 Å². The highest BCUT2D eigenvalue weighted by atomic mass is 32.1. The molecule has 1 atom stereocenters. The molecule has 102 valence electrons. The molecule has 2 N–H and O–H groups in total. The summed E-state index contributed by atoms with van der Waals surface area (Å²) in [6.45, 7) is 4.97. The summed E-state index contributed by atoms with van der Waals surface area (Å²) in [7, 11) is 0. The van der Waals surface area contributed by atoms with Crippen LogP contribution in [0.4, 0.5) is 5.13 Å². The van der Waals surface area contributed by atoms with E-state index in [4.69, 9.17) is 5.11 Å². The molecule has 18 heavy (non-hydrogen) atoms. The van der Waals surface area contributed by atoms with Gasteiger partial charge in [0.25, 0.3) is 0 Å². The normalized spacial score (nSPS) is 12.3. The Morgan fingerprint density at radius 2 is 2.22 bits per heavy atom. The summed E-state index contributed by atoms with van der Waals surface area (Å²) in [6.07, 6.45) is 3.87. The van der Waals surface area contributed by atoms with Crippen LogP contribution in [0.3, 0.4) is 0 Å². The van der Waals surface area contributed by atoms with Crippen molar-refractivity contribution >= 4 is 22.6 Å². The number of hydrogen-bond acceptors (Lipinski definition) is 5. The van der Waals surface area contributed by atoms with Crippen LogP contribution in [0.15, 0.2) is 0 Å². The fourth-order valence-corrected chi connectivity index (χ4v) is 2.41. The fourth-order valence-electron chi connectivity index (χ4n) is 1.73. The van der Waals surface area contributed by atoms with Crippen LogP contribution in [0.25, 0.3) is 0 Å². The second-order valence-corrected chi connectivity index (χ2v) is 5.04. The molecule has 0 aromatic carbocycles. The molecule has 1 rings (SSSR count). The second-order valence-electron chi connectivity index (χ2n) is 4.29. The Labute approximate surface area is 112 Å². The third kappa shape index (κ3) is 5.44. The van der Waals surface area contributed by atoms with Crippen LogP contribution in [0.2, 0.25) is 0 Å². The van der Waals surface area contributed by atoms with Crippen molar-refractivity contribution < 1.29 is 9.90 Å². The SMILES string of the molecule is CCc1nsc(NCCC(CC)CCC(=O)O)n1. The lowest BCUT2D eigenvalue weighted by Crippen LogP contribution is -2.10. The molecule has 0 spiro atoms. The molecule has 0 fully saturated rings. The van der Waals surface area contributed by atoms with Gasteiger partial charge in [0.1, 0.15) is 5.82 Å². The highest BCUT2D eigenvalue weighted by molar-refractivity contribution is 7.09. The first kappa shape index (κ1) is 14.9. The number of nitrogens with one attached hydrogen (secondary N) is 1. The van der Waals surface area contributed by atoms with Crippen LogP contribution < -0.4 is 5.32 Å². The van der Waals surface area contributed by atoms with E-state index in [0.29, 0.717) is 5.92 Å². The number of nitrogens with zero attached hydrogens (tertiary/aromatic N) is 2. The molecule has 5 nitrogen and oxygen atoms in total. The van der Waals surface area contributed by atoms with E-state index in [2.05, 4.69) is 21.6 Å². The van der Waals surface area contributed by atoms with E-state index in [1.165, 1.54) is 11.5 Å². The third-order valence-electron chi connectivity index (χ3n) is 2.96. The van der Waals surface area contributed by atoms with E-state index in [9.17, 15) is 4.79 Å². The monoisotopic (exact) mass is 271 g/mol. The van der Waals surface area contributed by atoms with Gasteiger partial charge in [-0.25, -0.2) is 4.98 Å². The van der Waals surface area contributed by atoms with Crippen molar-refractivity contribution in [2.24, 2.45) is 5.92 Å². The molecule has 0 saturated heterocycles. The van der Waals surface area contributed by atoms with Gasteiger partial charge in [-0.2, -0.15) is 4.37 Å². The number of aryl methyl sites for hydroxylation is 1. The van der Waals surface area contributed by atoms with Gasteiger partial charge in [-0.15, -0.1) is 0 Å². The summed E-state index contributed by atoms with van der Waals surface area (Å²) >= 11 is 1.39. The Morgan fingerprint density at radius 1 is 1.44 bits per heavy atom. The molecule has 0 aliphatic carbocycles. The number of carboxylic acid groups (broad SMARTS) is 1. The number of aromatic nitrogens is 2. The van der Waals surface area contributed by atoms with Gasteiger partial charge in [-0.05, 0) is 18.8 Å². The summed E-state index contributed by atoms with van der Waals surface area (Å²) < 4.78 is 4.20. The quantitative estimate of drug-likeness (QED) is 0.722. The Hall–Kier alpha value is -1.17. The highest BCUT2D eigenvalue weighted by Gasteiger charge is 2.09. The van der Waals surface area contributed by atoms with Gasteiger partial charge in [-0.3, -0.25) is 4.79 Å². The first-order chi connectivity index (χ1) is 8.65. The molecule has 1 heterocycles. The topological polar surface area (TPSA) is 75.1 Å². The molecule has 1 aromatic heterocycles. The number of anilines is 1. The molecule has 1 aromatic rings. The van der Waals surface area contributed by atoms with Crippen LogP contribution in [-0.2, 0) is 11.2 Å². The van der Waals surface area contributed by atoms with Gasteiger partial charge in [0.05, 0.1) is 0 Å². The van der Waals surface area contributed by atoms with Crippen LogP contribution in [0.5, 0.6) is 0 Å². The Kier molecular flexibility index (Phi) is 6.64. The molecule has 0 aliphatic heterocycles. The zero-order valence-electron chi connectivity index (χ0n) is 11.0. The number of carbonyl (C=O) groups is 1. The van der Waals surface area contributed by atoms with Crippen molar-refractivity contribution in [3.05, 3.63) is 5.82 Å². The van der Waals surface area contributed by atoms with Crippen LogP contribution in [0.1, 0.15) is 45.4 Å². The summed E-state index contributed by atoms with van der Waals surface area (Å²) in [5.74, 6) is 0.630. The maximum absolute atomic E-state index is 10.5. The Bertz CT molecular complexity index is 368. The first-order valence-corrected chi connectivity index (χ1v) is 7.21. The minimum Gasteiger partial charge on any atom is -0.481 e. The van der Waals surface area contributed by atoms with E-state index in [1.807, 2.05) is 6.92 Å². The molecule has 0 radical (unpaired) electrons. The summed E-state index contributed by atoms with van der Waals surface area (Å²) in [4.78, 5) is 14.8. The zero-order valence-corrected chi connectivity index (χ0v) is 11.8. The minimum atomic E-state index is -0.710. The number of aliphatic carboxylic acids is 1. The molecule has 0 aliphatic rings. The largest absolute Gasteiger partial charge is 0.481 e. The van der Waals surface area contributed by atoms with Gasteiger partial charge >= 0.3 is 5.97 Å². The maximum Gasteiger partial charge on any atom is 0.303 e. The van der Waals surface area contributed by atoms with Crippen molar-refractivity contribution in [3.8, 4) is 0 Å². The smallest absolute Gasteiger partial charge is 0.303 e. The van der Waals surface area contributed by atoms with Crippen LogP contribution >= 0.6 is 11.5 Å². The first-order valence-electron chi connectivity index (χ1n) is 6.43. The Balaban J connectivity index is 2.24. The van der Waals surface area contributed by atoms with Crippen molar-refractivity contribution in [2.75, 3.05) is 11.9 Å². The van der Waals surface area contributed by atoms with Crippen molar-refractivity contribution in [2.45, 2.75) is 46.0 Å². The number of carboxylic acids is 1. The lowest BCUT2D eigenvalue weighted by atomic mass is 9.97. The molecule has 1 unspecified atom stereocenters. The average molecular weight is 271 g/mol. The van der Waals surface area contributed by atoms with E-state index < -0.39 is 5.97 Å². The molecule has 0 amide bonds. The van der Waals surface area contributed by atoms with Crippen molar-refractivity contribution in [1.29, 1.82) is 0 Å². The van der Waals surface area contributed by atoms with Gasteiger partial charge in [-0.1, -0.05) is 20.3 Å². The minimum absolute atomic E-state index is 0.261. The summed E-state index contributed by atoms with van der Waals surface area (Å²) in [5, 5.41) is 12.8. The standard InChI is InChI=1S/C12H21N3O2S/c1-3-9(5-6-11(16)17)7-8-13-12-14-10(4-2)15-18-12/h9H,3-8H2,1-2H3,(H,16,17)(H,13,14,15). The predicted molar refractivity (Wildman–Crippen MR) is 73.0 cm³/mol. The average Bonchev–Trinajstić information content (AvgIpc) is 2.81. The van der Waals surface area contributed by atoms with Gasteiger partial charge in [0, 0.05) is 30.9 Å². The molecule has 0 saturated carbocycles. The lowest BCUT2D eigenvalue weighted by molar-refractivity contribution is -0.137. The van der Waals surface area contributed by atoms with E-state index in [-0.39, 0.29) is 6.42 Å². The molecule has 6 heteroatoms. The molecule has 0 bridgehead atoms. The molecular formula is C12H21N3O2S. The van der Waals surface area contributed by atoms with E-state index in [1.54, 1.807) is 0 Å². The van der Waals surface area contributed by atoms with Crippen LogP contribution in [0, 0.1) is 5.92 Å². The lowest BCUT2D eigenvalue weighted by Gasteiger charge is -2.13. The van der Waals surface area contributed by atoms with E-state index >= 15 is 0 Å². The Morgan fingerprint density at radius 3 is 2.78 bits per heavy atom. The summed E-state index contributed by atoms with van der Waals surface area (Å²) in [6, 6.07) is 0. The fraction of sp³-hybridized carbons (Fsp3) is 0.750. The maximum atomic E-state index is 10.5. The van der Waals surface area contributed by atoms with Crippen LogP contribution in [-0.4, -0.2) is 27.0 Å². The van der Waals surface area contributed by atoms with Crippen molar-refractivity contribution in [3.63, 3.8) is 0 Å². The zero-order chi connectivity index (χ0) is 13.4. The molecular weight excluding hydrogens is 250 g/mol. The van der Waals surface area contributed by atoms with Gasteiger partial charge < -0.3 is 10.4 Å². The van der Waals surface area contributed by atoms with E-state index in [0.717, 1.165) is 43.2 Å². The number of hydrogen-bond donors (Lipinski definition) is 2. The predicted octanol–water partition coefficient (Wildman–Crippen LogP) is 2.79. The highest BCUT2D eigenvalue weighted by Crippen LogP contribution is 2.17. The second kappa shape index (κ2) is 8.02. The summed E-state index contributed by atoms with van der Waals surface area (Å²) in [5.41, 5.74) is 0. The third-order valence-corrected chi connectivity index (χ3v) is 3.67. The van der Waals surface area contributed by atoms with Gasteiger partial charge in [0.15, 0.2) is 0 Å². The van der Waals surface area contributed by atoms with Crippen molar-refractivity contribution in [1.82, 2.24) is 9.36 Å².